The number of carbonyl (C=O) groups excluding carboxylic acids is 2. The number of aromatic nitrogens is 2. The molecular formula is C40H58N4O4. The van der Waals surface area contributed by atoms with Crippen molar-refractivity contribution in [3.63, 3.8) is 0 Å². The van der Waals surface area contributed by atoms with E-state index < -0.39 is 0 Å². The number of nitrogens with one attached hydrogen (secondary N) is 2. The SMILES string of the molecule is CCCCCCCCCCOc1ccc(NC(=O)c2nc(C)c(C(=O)Nc3ccc(OCCCCCCCCCC)cc3)nc2C)cc1. The van der Waals surface area contributed by atoms with Gasteiger partial charge in [-0.15, -0.1) is 0 Å². The van der Waals surface area contributed by atoms with Crippen LogP contribution >= 0.6 is 0 Å². The lowest BCUT2D eigenvalue weighted by Gasteiger charge is -2.12. The fourth-order valence-electron chi connectivity index (χ4n) is 5.53. The predicted octanol–water partition coefficient (Wildman–Crippen LogP) is 10.6. The molecule has 0 unspecified atom stereocenters. The van der Waals surface area contributed by atoms with Gasteiger partial charge in [0.25, 0.3) is 11.8 Å². The molecule has 3 aromatic rings. The highest BCUT2D eigenvalue weighted by atomic mass is 16.5. The van der Waals surface area contributed by atoms with Gasteiger partial charge in [0, 0.05) is 11.4 Å². The number of unbranched alkanes of at least 4 members (excludes halogenated alkanes) is 14. The number of hydrogen-bond acceptors (Lipinski definition) is 6. The van der Waals surface area contributed by atoms with E-state index in [4.69, 9.17) is 9.47 Å². The fourth-order valence-corrected chi connectivity index (χ4v) is 5.53. The van der Waals surface area contributed by atoms with Gasteiger partial charge in [0.2, 0.25) is 0 Å². The summed E-state index contributed by atoms with van der Waals surface area (Å²) in [6, 6.07) is 14.7. The molecule has 1 aromatic heterocycles. The Morgan fingerprint density at radius 3 is 1.15 bits per heavy atom. The van der Waals surface area contributed by atoms with E-state index in [-0.39, 0.29) is 23.2 Å². The lowest BCUT2D eigenvalue weighted by atomic mass is 10.1. The summed E-state index contributed by atoms with van der Waals surface area (Å²) in [6.45, 7) is 9.22. The molecule has 2 aromatic carbocycles. The van der Waals surface area contributed by atoms with E-state index in [1.54, 1.807) is 13.8 Å². The number of carbonyl (C=O) groups is 2. The number of amides is 2. The van der Waals surface area contributed by atoms with Crippen LogP contribution in [-0.2, 0) is 0 Å². The topological polar surface area (TPSA) is 102 Å². The summed E-state index contributed by atoms with van der Waals surface area (Å²) in [6.07, 6.45) is 20.2. The molecule has 0 aliphatic heterocycles. The summed E-state index contributed by atoms with van der Waals surface area (Å²) in [5.41, 5.74) is 2.36. The molecule has 0 aliphatic carbocycles. The van der Waals surface area contributed by atoms with Crippen LogP contribution in [0.4, 0.5) is 11.4 Å². The molecule has 0 saturated carbocycles. The smallest absolute Gasteiger partial charge is 0.276 e. The summed E-state index contributed by atoms with van der Waals surface area (Å²) in [5.74, 6) is 0.786. The van der Waals surface area contributed by atoms with Crippen LogP contribution in [0.25, 0.3) is 0 Å². The molecule has 2 N–H and O–H groups in total. The van der Waals surface area contributed by atoms with Gasteiger partial charge >= 0.3 is 0 Å². The Balaban J connectivity index is 1.40. The first kappa shape index (κ1) is 38.5. The van der Waals surface area contributed by atoms with Crippen molar-refractivity contribution >= 4 is 23.2 Å². The number of ether oxygens (including phenoxy) is 2. The molecule has 0 fully saturated rings. The predicted molar refractivity (Wildman–Crippen MR) is 197 cm³/mol. The fraction of sp³-hybridized carbons (Fsp3) is 0.550. The minimum atomic E-state index is -0.384. The van der Waals surface area contributed by atoms with E-state index in [9.17, 15) is 9.59 Å². The molecule has 262 valence electrons. The van der Waals surface area contributed by atoms with Crippen LogP contribution in [0.5, 0.6) is 11.5 Å². The van der Waals surface area contributed by atoms with Crippen LogP contribution in [0.15, 0.2) is 48.5 Å². The second-order valence-electron chi connectivity index (χ2n) is 12.7. The van der Waals surface area contributed by atoms with Crippen LogP contribution in [0.2, 0.25) is 0 Å². The molecule has 3 rings (SSSR count). The molecule has 0 aliphatic rings. The van der Waals surface area contributed by atoms with Gasteiger partial charge in [-0.25, -0.2) is 9.97 Å². The van der Waals surface area contributed by atoms with Gasteiger partial charge in [-0.3, -0.25) is 9.59 Å². The lowest BCUT2D eigenvalue weighted by molar-refractivity contribution is 0.100. The Kier molecular flexibility index (Phi) is 18.1. The lowest BCUT2D eigenvalue weighted by Crippen LogP contribution is -2.21. The van der Waals surface area contributed by atoms with Crippen molar-refractivity contribution in [1.82, 2.24) is 9.97 Å². The van der Waals surface area contributed by atoms with Gasteiger partial charge in [0.05, 0.1) is 24.6 Å². The number of rotatable bonds is 24. The van der Waals surface area contributed by atoms with Crippen molar-refractivity contribution in [3.8, 4) is 11.5 Å². The number of anilines is 2. The minimum absolute atomic E-state index is 0.178. The summed E-state index contributed by atoms with van der Waals surface area (Å²) >= 11 is 0. The average Bonchev–Trinajstić information content (AvgIpc) is 3.09. The molecular weight excluding hydrogens is 600 g/mol. The molecule has 8 nitrogen and oxygen atoms in total. The molecule has 8 heteroatoms. The number of hydrogen-bond donors (Lipinski definition) is 2. The standard InChI is InChI=1S/C40H58N4O4/c1-5-7-9-11-13-15-17-19-29-47-35-25-21-33(22-26-35)43-39(45)37-31(3)42-38(32(4)41-37)40(46)44-34-23-27-36(28-24-34)48-30-20-18-16-14-12-10-8-6-2/h21-28H,5-20,29-30H2,1-4H3,(H,43,45)(H,44,46). The second-order valence-corrected chi connectivity index (χ2v) is 12.7. The number of aryl methyl sites for hydroxylation is 2. The van der Waals surface area contributed by atoms with Crippen molar-refractivity contribution in [2.24, 2.45) is 0 Å². The molecule has 0 bridgehead atoms. The first-order chi connectivity index (χ1) is 23.4. The quantitative estimate of drug-likeness (QED) is 0.0929. The third-order valence-corrected chi connectivity index (χ3v) is 8.43. The van der Waals surface area contributed by atoms with Crippen molar-refractivity contribution in [2.75, 3.05) is 23.8 Å². The summed E-state index contributed by atoms with van der Waals surface area (Å²) in [5, 5.41) is 5.75. The third-order valence-electron chi connectivity index (χ3n) is 8.43. The normalized spacial score (nSPS) is 10.9. The molecule has 0 radical (unpaired) electrons. The molecule has 0 atom stereocenters. The van der Waals surface area contributed by atoms with Gasteiger partial charge in [0.15, 0.2) is 0 Å². The molecule has 48 heavy (non-hydrogen) atoms. The van der Waals surface area contributed by atoms with Crippen LogP contribution in [0.3, 0.4) is 0 Å². The Labute approximate surface area is 288 Å². The maximum atomic E-state index is 13.0. The first-order valence-corrected chi connectivity index (χ1v) is 18.3. The third kappa shape index (κ3) is 14.4. The number of nitrogens with zero attached hydrogens (tertiary/aromatic N) is 2. The summed E-state index contributed by atoms with van der Waals surface area (Å²) < 4.78 is 11.7. The van der Waals surface area contributed by atoms with E-state index in [1.807, 2.05) is 48.5 Å². The number of benzene rings is 2. The van der Waals surface area contributed by atoms with Crippen LogP contribution < -0.4 is 20.1 Å². The zero-order valence-electron chi connectivity index (χ0n) is 29.9. The van der Waals surface area contributed by atoms with Gasteiger partial charge in [0.1, 0.15) is 22.9 Å². The largest absolute Gasteiger partial charge is 0.494 e. The van der Waals surface area contributed by atoms with Crippen LogP contribution in [0, 0.1) is 13.8 Å². The van der Waals surface area contributed by atoms with Gasteiger partial charge in [-0.2, -0.15) is 0 Å². The van der Waals surface area contributed by atoms with E-state index in [2.05, 4.69) is 34.4 Å². The van der Waals surface area contributed by atoms with Crippen molar-refractivity contribution in [3.05, 3.63) is 71.3 Å². The summed E-state index contributed by atoms with van der Waals surface area (Å²) in [4.78, 5) is 35.0. The molecule has 2 amide bonds. The Bertz CT molecular complexity index is 1250. The molecule has 1 heterocycles. The monoisotopic (exact) mass is 658 g/mol. The maximum Gasteiger partial charge on any atom is 0.276 e. The van der Waals surface area contributed by atoms with Gasteiger partial charge < -0.3 is 20.1 Å². The maximum absolute atomic E-state index is 13.0. The van der Waals surface area contributed by atoms with Crippen molar-refractivity contribution in [2.45, 2.75) is 130 Å². The Morgan fingerprint density at radius 1 is 0.500 bits per heavy atom. The summed E-state index contributed by atoms with van der Waals surface area (Å²) in [7, 11) is 0. The Hall–Kier alpha value is -3.94. The van der Waals surface area contributed by atoms with Gasteiger partial charge in [-0.05, 0) is 75.2 Å². The minimum Gasteiger partial charge on any atom is -0.494 e. The van der Waals surface area contributed by atoms with Crippen LogP contribution in [-0.4, -0.2) is 35.0 Å². The molecule has 0 spiro atoms. The highest BCUT2D eigenvalue weighted by Crippen LogP contribution is 2.20. The first-order valence-electron chi connectivity index (χ1n) is 18.3. The highest BCUT2D eigenvalue weighted by Gasteiger charge is 2.19. The molecule has 0 saturated heterocycles. The van der Waals surface area contributed by atoms with E-state index in [0.717, 1.165) is 24.3 Å². The second kappa shape index (κ2) is 22.6. The van der Waals surface area contributed by atoms with E-state index in [0.29, 0.717) is 36.0 Å². The van der Waals surface area contributed by atoms with Gasteiger partial charge in [-0.1, -0.05) is 104 Å². The zero-order chi connectivity index (χ0) is 34.4. The Morgan fingerprint density at radius 2 is 0.812 bits per heavy atom. The highest BCUT2D eigenvalue weighted by molar-refractivity contribution is 6.06. The van der Waals surface area contributed by atoms with Crippen molar-refractivity contribution < 1.29 is 19.1 Å². The van der Waals surface area contributed by atoms with E-state index in [1.165, 1.54) is 89.9 Å². The average molecular weight is 659 g/mol. The van der Waals surface area contributed by atoms with Crippen molar-refractivity contribution in [1.29, 1.82) is 0 Å². The van der Waals surface area contributed by atoms with Crippen LogP contribution in [0.1, 0.15) is 149 Å². The zero-order valence-corrected chi connectivity index (χ0v) is 29.9. The van der Waals surface area contributed by atoms with E-state index >= 15 is 0 Å².